The van der Waals surface area contributed by atoms with Crippen LogP contribution >= 0.6 is 15.9 Å². The Morgan fingerprint density at radius 1 is 0.579 bits per heavy atom. The van der Waals surface area contributed by atoms with Crippen LogP contribution < -0.4 is 9.47 Å². The van der Waals surface area contributed by atoms with Crippen LogP contribution in [0, 0.1) is 0 Å². The van der Waals surface area contributed by atoms with Gasteiger partial charge in [-0.05, 0) is 54.8 Å². The SMILES string of the molecule is CCCCCCCCCCOc1ccc(C(=O)C(Br)c2ccc(OCCCCCCCCCC)cc2)cc1. The molecule has 0 aliphatic carbocycles. The molecule has 1 unspecified atom stereocenters. The molecule has 0 N–H and O–H groups in total. The van der Waals surface area contributed by atoms with Gasteiger partial charge in [-0.25, -0.2) is 0 Å². The zero-order valence-corrected chi connectivity index (χ0v) is 25.6. The fourth-order valence-electron chi connectivity index (χ4n) is 4.60. The third-order valence-electron chi connectivity index (χ3n) is 7.08. The molecule has 0 aromatic heterocycles. The highest BCUT2D eigenvalue weighted by Gasteiger charge is 2.19. The third-order valence-corrected chi connectivity index (χ3v) is 8.02. The van der Waals surface area contributed by atoms with E-state index in [0.717, 1.165) is 43.1 Å². The van der Waals surface area contributed by atoms with Gasteiger partial charge in [-0.15, -0.1) is 0 Å². The number of unbranched alkanes of at least 4 members (excludes halogenated alkanes) is 14. The monoisotopic (exact) mass is 586 g/mol. The molecule has 38 heavy (non-hydrogen) atoms. The van der Waals surface area contributed by atoms with E-state index in [4.69, 9.17) is 9.47 Å². The van der Waals surface area contributed by atoms with Crippen molar-refractivity contribution in [1.29, 1.82) is 0 Å². The topological polar surface area (TPSA) is 35.5 Å². The molecule has 0 fully saturated rings. The lowest BCUT2D eigenvalue weighted by Crippen LogP contribution is -2.07. The fourth-order valence-corrected chi connectivity index (χ4v) is 5.17. The normalized spacial score (nSPS) is 11.9. The zero-order chi connectivity index (χ0) is 27.3. The van der Waals surface area contributed by atoms with E-state index < -0.39 is 0 Å². The predicted molar refractivity (Wildman–Crippen MR) is 165 cm³/mol. The number of carbonyl (C=O) groups excluding carboxylic acids is 1. The molecule has 0 bridgehead atoms. The van der Waals surface area contributed by atoms with Crippen LogP contribution in [0.5, 0.6) is 11.5 Å². The number of Topliss-reactive ketones (excluding diaryl/α,β-unsaturated/α-hetero) is 1. The van der Waals surface area contributed by atoms with Crippen LogP contribution in [0.4, 0.5) is 0 Å². The number of carbonyl (C=O) groups is 1. The molecular weight excluding hydrogens is 536 g/mol. The maximum absolute atomic E-state index is 13.0. The second-order valence-corrected chi connectivity index (χ2v) is 11.4. The van der Waals surface area contributed by atoms with Crippen LogP contribution in [0.3, 0.4) is 0 Å². The summed E-state index contributed by atoms with van der Waals surface area (Å²) in [7, 11) is 0. The highest BCUT2D eigenvalue weighted by atomic mass is 79.9. The minimum atomic E-state index is -0.381. The van der Waals surface area contributed by atoms with E-state index in [1.54, 1.807) is 0 Å². The summed E-state index contributed by atoms with van der Waals surface area (Å²) in [5, 5.41) is 0. The Bertz CT molecular complexity index is 847. The Labute approximate surface area is 241 Å². The molecule has 0 heterocycles. The zero-order valence-electron chi connectivity index (χ0n) is 24.0. The van der Waals surface area contributed by atoms with Crippen LogP contribution in [-0.2, 0) is 0 Å². The number of ketones is 1. The van der Waals surface area contributed by atoms with Crippen molar-refractivity contribution in [3.05, 3.63) is 59.7 Å². The van der Waals surface area contributed by atoms with Gasteiger partial charge in [-0.3, -0.25) is 4.79 Å². The van der Waals surface area contributed by atoms with Gasteiger partial charge in [0.15, 0.2) is 5.78 Å². The maximum atomic E-state index is 13.0. The summed E-state index contributed by atoms with van der Waals surface area (Å²) < 4.78 is 11.8. The molecule has 2 rings (SSSR count). The molecule has 0 aliphatic rings. The molecular formula is C34H51BrO3. The standard InChI is InChI=1S/C34H51BrO3/c1-3-5-7-9-11-13-15-17-27-37-31-23-19-29(20-24-31)33(35)34(36)30-21-25-32(26-22-30)38-28-18-16-14-12-10-8-6-4-2/h19-26,33H,3-18,27-28H2,1-2H3. The number of rotatable bonds is 23. The largest absolute Gasteiger partial charge is 0.494 e. The number of hydrogen-bond acceptors (Lipinski definition) is 3. The van der Waals surface area contributed by atoms with Gasteiger partial charge >= 0.3 is 0 Å². The van der Waals surface area contributed by atoms with Crippen LogP contribution in [0.1, 0.15) is 137 Å². The van der Waals surface area contributed by atoms with Gasteiger partial charge in [0.2, 0.25) is 0 Å². The minimum Gasteiger partial charge on any atom is -0.494 e. The third kappa shape index (κ3) is 13.8. The second kappa shape index (κ2) is 21.1. The second-order valence-electron chi connectivity index (χ2n) is 10.5. The molecule has 0 spiro atoms. The Morgan fingerprint density at radius 3 is 1.37 bits per heavy atom. The van der Waals surface area contributed by atoms with Gasteiger partial charge < -0.3 is 9.47 Å². The number of halogens is 1. The molecule has 2 aromatic rings. The van der Waals surface area contributed by atoms with Crippen molar-refractivity contribution in [3.63, 3.8) is 0 Å². The molecule has 0 aliphatic heterocycles. The highest BCUT2D eigenvalue weighted by molar-refractivity contribution is 9.09. The Hall–Kier alpha value is -1.81. The Kier molecular flexibility index (Phi) is 18.0. The van der Waals surface area contributed by atoms with Crippen molar-refractivity contribution in [1.82, 2.24) is 0 Å². The minimum absolute atomic E-state index is 0.0484. The highest BCUT2D eigenvalue weighted by Crippen LogP contribution is 2.29. The number of ether oxygens (including phenoxy) is 2. The lowest BCUT2D eigenvalue weighted by Gasteiger charge is -2.12. The first-order chi connectivity index (χ1) is 18.7. The lowest BCUT2D eigenvalue weighted by atomic mass is 10.0. The van der Waals surface area contributed by atoms with E-state index in [9.17, 15) is 4.79 Å². The molecule has 1 atom stereocenters. The average Bonchev–Trinajstić information content (AvgIpc) is 2.95. The van der Waals surface area contributed by atoms with Crippen LogP contribution in [0.2, 0.25) is 0 Å². The predicted octanol–water partition coefficient (Wildman–Crippen LogP) is 11.0. The van der Waals surface area contributed by atoms with Crippen LogP contribution in [0.25, 0.3) is 0 Å². The first-order valence-corrected chi connectivity index (χ1v) is 16.2. The first-order valence-electron chi connectivity index (χ1n) is 15.3. The maximum Gasteiger partial charge on any atom is 0.180 e. The summed E-state index contributed by atoms with van der Waals surface area (Å²) in [4.78, 5) is 12.6. The van der Waals surface area contributed by atoms with Crippen LogP contribution in [-0.4, -0.2) is 19.0 Å². The van der Waals surface area contributed by atoms with E-state index in [0.29, 0.717) is 5.56 Å². The smallest absolute Gasteiger partial charge is 0.180 e. The van der Waals surface area contributed by atoms with Crippen molar-refractivity contribution in [3.8, 4) is 11.5 Å². The summed E-state index contributed by atoms with van der Waals surface area (Å²) in [5.74, 6) is 1.74. The summed E-state index contributed by atoms with van der Waals surface area (Å²) in [5.41, 5.74) is 1.62. The van der Waals surface area contributed by atoms with E-state index in [1.165, 1.54) is 89.9 Å². The van der Waals surface area contributed by atoms with Crippen molar-refractivity contribution in [2.24, 2.45) is 0 Å². The van der Waals surface area contributed by atoms with E-state index in [-0.39, 0.29) is 10.6 Å². The number of alkyl halides is 1. The Balaban J connectivity index is 1.64. The lowest BCUT2D eigenvalue weighted by molar-refractivity contribution is 0.0991. The summed E-state index contributed by atoms with van der Waals surface area (Å²) in [6, 6.07) is 15.4. The van der Waals surface area contributed by atoms with Gasteiger partial charge in [0.25, 0.3) is 0 Å². The molecule has 3 nitrogen and oxygen atoms in total. The average molecular weight is 588 g/mol. The van der Waals surface area contributed by atoms with Gasteiger partial charge in [0, 0.05) is 5.56 Å². The fraction of sp³-hybridized carbons (Fsp3) is 0.618. The quantitative estimate of drug-likeness (QED) is 0.0737. The molecule has 0 saturated carbocycles. The van der Waals surface area contributed by atoms with Gasteiger partial charge in [0.1, 0.15) is 16.3 Å². The van der Waals surface area contributed by atoms with Crippen molar-refractivity contribution >= 4 is 21.7 Å². The molecule has 0 saturated heterocycles. The van der Waals surface area contributed by atoms with Gasteiger partial charge in [0.05, 0.1) is 13.2 Å². The van der Waals surface area contributed by atoms with E-state index in [1.807, 2.05) is 48.5 Å². The van der Waals surface area contributed by atoms with Gasteiger partial charge in [-0.2, -0.15) is 0 Å². The Morgan fingerprint density at radius 2 is 0.947 bits per heavy atom. The molecule has 4 heteroatoms. The number of hydrogen-bond donors (Lipinski definition) is 0. The van der Waals surface area contributed by atoms with Crippen molar-refractivity contribution in [2.75, 3.05) is 13.2 Å². The molecule has 212 valence electrons. The van der Waals surface area contributed by atoms with Crippen molar-refractivity contribution in [2.45, 2.75) is 121 Å². The van der Waals surface area contributed by atoms with E-state index in [2.05, 4.69) is 29.8 Å². The van der Waals surface area contributed by atoms with Crippen molar-refractivity contribution < 1.29 is 14.3 Å². The first kappa shape index (κ1) is 32.4. The summed E-state index contributed by atoms with van der Waals surface area (Å²) in [6.07, 6.45) is 20.7. The molecule has 2 aromatic carbocycles. The summed E-state index contributed by atoms with van der Waals surface area (Å²) in [6.45, 7) is 5.99. The van der Waals surface area contributed by atoms with E-state index >= 15 is 0 Å². The van der Waals surface area contributed by atoms with Crippen LogP contribution in [0.15, 0.2) is 48.5 Å². The summed E-state index contributed by atoms with van der Waals surface area (Å²) >= 11 is 3.60. The molecule has 0 radical (unpaired) electrons. The number of benzene rings is 2. The van der Waals surface area contributed by atoms with Gasteiger partial charge in [-0.1, -0.05) is 132 Å². The molecule has 0 amide bonds.